The van der Waals surface area contributed by atoms with Gasteiger partial charge in [0.1, 0.15) is 18.3 Å². The number of carbonyl (C=O) groups is 2. The number of aromatic nitrogens is 2. The minimum Gasteiger partial charge on any atom is -0.456 e. The Morgan fingerprint density at radius 1 is 1.08 bits per heavy atom. The Morgan fingerprint density at radius 2 is 1.68 bits per heavy atom. The van der Waals surface area contributed by atoms with Gasteiger partial charge in [-0.15, -0.1) is 0 Å². The van der Waals surface area contributed by atoms with E-state index in [4.69, 9.17) is 14.2 Å². The molecule has 4 rings (SSSR count). The van der Waals surface area contributed by atoms with Crippen LogP contribution in [0.4, 0.5) is 0 Å². The molecule has 1 aliphatic rings. The molecule has 1 saturated heterocycles. The van der Waals surface area contributed by atoms with Crippen LogP contribution in [-0.2, 0) is 19.9 Å². The number of hydrogen-bond acceptors (Lipinski definition) is 9. The van der Waals surface area contributed by atoms with Crippen molar-refractivity contribution in [3.8, 4) is 0 Å². The number of esters is 2. The molecule has 0 radical (unpaired) electrons. The molecule has 0 unspecified atom stereocenters. The standard InChI is InChI=1S/C26H25N3O8/c1-16(35-23(32)17-9-5-3-6-10-17)20-21(36-24(33)18-11-7-4-8-12-18)22(31)26(37-20,15-27-2)29-14-13-19(30)28-25(29)34/h3-14,16,20-22,31H,2,15H2,1H3,(H,28,30,34)/t16-,20-,21-,22+,26-/m1/s1. The van der Waals surface area contributed by atoms with Gasteiger partial charge in [-0.05, 0) is 37.9 Å². The maximum atomic E-state index is 12.9. The molecule has 2 heterocycles. The van der Waals surface area contributed by atoms with Gasteiger partial charge in [0, 0.05) is 12.3 Å². The molecule has 0 aliphatic carbocycles. The van der Waals surface area contributed by atoms with Gasteiger partial charge < -0.3 is 19.3 Å². The average Bonchev–Trinajstić information content (AvgIpc) is 3.17. The topological polar surface area (TPSA) is 149 Å². The minimum absolute atomic E-state index is 0.211. The second kappa shape index (κ2) is 10.7. The van der Waals surface area contributed by atoms with E-state index < -0.39 is 53.3 Å². The maximum absolute atomic E-state index is 12.9. The summed E-state index contributed by atoms with van der Waals surface area (Å²) in [5, 5.41) is 11.5. The van der Waals surface area contributed by atoms with E-state index in [1.807, 2.05) is 0 Å². The number of nitrogens with one attached hydrogen (secondary N) is 1. The molecule has 0 spiro atoms. The molecular formula is C26H25N3O8. The zero-order valence-electron chi connectivity index (χ0n) is 19.9. The lowest BCUT2D eigenvalue weighted by Crippen LogP contribution is -2.54. The number of ether oxygens (including phenoxy) is 3. The SMILES string of the molecule is C=NC[C@@]1(n2ccc(=O)[nH]c2=O)O[C@H]([C@@H](C)OC(=O)c2ccccc2)[C@@H](OC(=O)c2ccccc2)[C@@H]1O. The van der Waals surface area contributed by atoms with Crippen LogP contribution in [0.15, 0.2) is 87.5 Å². The van der Waals surface area contributed by atoms with Crippen molar-refractivity contribution in [3.63, 3.8) is 0 Å². The maximum Gasteiger partial charge on any atom is 0.338 e. The molecule has 5 atom stereocenters. The molecule has 2 aromatic carbocycles. The predicted octanol–water partition coefficient (Wildman–Crippen LogP) is 1.12. The second-order valence-corrected chi connectivity index (χ2v) is 8.45. The van der Waals surface area contributed by atoms with Crippen molar-refractivity contribution in [1.29, 1.82) is 0 Å². The molecule has 2 N–H and O–H groups in total. The van der Waals surface area contributed by atoms with Crippen LogP contribution in [0.1, 0.15) is 27.6 Å². The van der Waals surface area contributed by atoms with E-state index in [9.17, 15) is 24.3 Å². The van der Waals surface area contributed by atoms with Crippen molar-refractivity contribution in [2.45, 2.75) is 37.1 Å². The van der Waals surface area contributed by atoms with Crippen LogP contribution in [0.2, 0.25) is 0 Å². The number of aliphatic hydroxyl groups is 1. The first-order valence-electron chi connectivity index (χ1n) is 11.4. The Kier molecular flexibility index (Phi) is 7.46. The Labute approximate surface area is 211 Å². The molecule has 1 aliphatic heterocycles. The first-order valence-corrected chi connectivity index (χ1v) is 11.4. The van der Waals surface area contributed by atoms with Crippen molar-refractivity contribution in [3.05, 3.63) is 105 Å². The quantitative estimate of drug-likeness (QED) is 0.340. The summed E-state index contributed by atoms with van der Waals surface area (Å²) in [4.78, 5) is 55.9. The summed E-state index contributed by atoms with van der Waals surface area (Å²) in [6.45, 7) is 4.60. The molecule has 3 aromatic rings. The third kappa shape index (κ3) is 5.13. The summed E-state index contributed by atoms with van der Waals surface area (Å²) in [5.74, 6) is -1.43. The van der Waals surface area contributed by atoms with Crippen LogP contribution < -0.4 is 11.2 Å². The number of carbonyl (C=O) groups excluding carboxylic acids is 2. The highest BCUT2D eigenvalue weighted by Gasteiger charge is 2.60. The van der Waals surface area contributed by atoms with Crippen LogP contribution in [0.5, 0.6) is 0 Å². The first kappa shape index (κ1) is 25.7. The van der Waals surface area contributed by atoms with E-state index in [1.165, 1.54) is 19.1 Å². The van der Waals surface area contributed by atoms with E-state index in [-0.39, 0.29) is 17.7 Å². The average molecular weight is 507 g/mol. The lowest BCUT2D eigenvalue weighted by molar-refractivity contribution is -0.154. The van der Waals surface area contributed by atoms with Gasteiger partial charge in [-0.25, -0.2) is 14.4 Å². The van der Waals surface area contributed by atoms with Gasteiger partial charge in [-0.3, -0.25) is 19.3 Å². The summed E-state index contributed by atoms with van der Waals surface area (Å²) < 4.78 is 18.4. The van der Waals surface area contributed by atoms with Crippen molar-refractivity contribution >= 4 is 18.7 Å². The summed E-state index contributed by atoms with van der Waals surface area (Å²) in [7, 11) is 0. The highest BCUT2D eigenvalue weighted by Crippen LogP contribution is 2.39. The lowest BCUT2D eigenvalue weighted by atomic mass is 9.99. The smallest absolute Gasteiger partial charge is 0.338 e. The van der Waals surface area contributed by atoms with Crippen molar-refractivity contribution in [2.75, 3.05) is 6.54 Å². The number of nitrogens with zero attached hydrogens (tertiary/aromatic N) is 2. The summed E-state index contributed by atoms with van der Waals surface area (Å²) >= 11 is 0. The Bertz CT molecular complexity index is 1390. The van der Waals surface area contributed by atoms with E-state index in [0.717, 1.165) is 16.8 Å². The normalized spacial score (nSPS) is 23.7. The van der Waals surface area contributed by atoms with Gasteiger partial charge >= 0.3 is 17.6 Å². The van der Waals surface area contributed by atoms with Gasteiger partial charge in [0.15, 0.2) is 11.8 Å². The minimum atomic E-state index is -1.93. The first-order chi connectivity index (χ1) is 17.8. The van der Waals surface area contributed by atoms with Gasteiger partial charge in [0.25, 0.3) is 5.56 Å². The number of aliphatic imine (C=N–C) groups is 1. The lowest BCUT2D eigenvalue weighted by Gasteiger charge is -2.32. The van der Waals surface area contributed by atoms with E-state index in [2.05, 4.69) is 16.7 Å². The van der Waals surface area contributed by atoms with Crippen molar-refractivity contribution < 1.29 is 28.9 Å². The molecule has 0 bridgehead atoms. The Morgan fingerprint density at radius 3 is 2.24 bits per heavy atom. The highest BCUT2D eigenvalue weighted by atomic mass is 16.6. The molecule has 1 fully saturated rings. The molecule has 11 nitrogen and oxygen atoms in total. The van der Waals surface area contributed by atoms with E-state index in [0.29, 0.717) is 0 Å². The van der Waals surface area contributed by atoms with Crippen LogP contribution in [0.25, 0.3) is 0 Å². The van der Waals surface area contributed by atoms with Crippen molar-refractivity contribution in [2.24, 2.45) is 4.99 Å². The summed E-state index contributed by atoms with van der Waals surface area (Å²) in [6.07, 6.45) is -4.21. The van der Waals surface area contributed by atoms with Gasteiger partial charge in [-0.2, -0.15) is 0 Å². The molecule has 0 amide bonds. The number of benzene rings is 2. The van der Waals surface area contributed by atoms with Crippen LogP contribution in [-0.4, -0.2) is 64.3 Å². The highest BCUT2D eigenvalue weighted by molar-refractivity contribution is 5.90. The number of aliphatic hydroxyl groups excluding tert-OH is 1. The molecule has 37 heavy (non-hydrogen) atoms. The Hall–Kier alpha value is -4.35. The van der Waals surface area contributed by atoms with Gasteiger partial charge in [0.05, 0.1) is 17.7 Å². The van der Waals surface area contributed by atoms with Crippen LogP contribution >= 0.6 is 0 Å². The van der Waals surface area contributed by atoms with Gasteiger partial charge in [-0.1, -0.05) is 36.4 Å². The number of aromatic amines is 1. The number of H-pyrrole nitrogens is 1. The fourth-order valence-corrected chi connectivity index (χ4v) is 4.23. The molecule has 0 saturated carbocycles. The van der Waals surface area contributed by atoms with Crippen LogP contribution in [0.3, 0.4) is 0 Å². The predicted molar refractivity (Wildman–Crippen MR) is 132 cm³/mol. The third-order valence-corrected chi connectivity index (χ3v) is 6.03. The zero-order valence-corrected chi connectivity index (χ0v) is 19.9. The van der Waals surface area contributed by atoms with E-state index >= 15 is 0 Å². The van der Waals surface area contributed by atoms with Crippen molar-refractivity contribution in [1.82, 2.24) is 9.55 Å². The fourth-order valence-electron chi connectivity index (χ4n) is 4.23. The third-order valence-electron chi connectivity index (χ3n) is 6.03. The monoisotopic (exact) mass is 507 g/mol. The summed E-state index contributed by atoms with van der Waals surface area (Å²) in [6, 6.07) is 17.4. The molecule has 192 valence electrons. The number of hydrogen-bond donors (Lipinski definition) is 2. The fraction of sp³-hybridized carbons (Fsp3) is 0.269. The molecule has 1 aromatic heterocycles. The molecular weight excluding hydrogens is 482 g/mol. The second-order valence-electron chi connectivity index (χ2n) is 8.45. The van der Waals surface area contributed by atoms with E-state index in [1.54, 1.807) is 48.5 Å². The Balaban J connectivity index is 1.73. The summed E-state index contributed by atoms with van der Waals surface area (Å²) in [5.41, 5.74) is -2.99. The van der Waals surface area contributed by atoms with Crippen LogP contribution in [0, 0.1) is 0 Å². The van der Waals surface area contributed by atoms with Gasteiger partial charge in [0.2, 0.25) is 0 Å². The largest absolute Gasteiger partial charge is 0.456 e. The number of rotatable bonds is 8. The zero-order chi connectivity index (χ0) is 26.6. The molecule has 11 heteroatoms.